The van der Waals surface area contributed by atoms with Crippen LogP contribution in [0.5, 0.6) is 0 Å². The maximum atomic E-state index is 9.13. The molecule has 0 saturated heterocycles. The zero-order valence-corrected chi connectivity index (χ0v) is 9.86. The van der Waals surface area contributed by atoms with Crippen molar-refractivity contribution in [1.29, 1.82) is 0 Å². The van der Waals surface area contributed by atoms with E-state index in [1.807, 2.05) is 19.1 Å². The number of rotatable bonds is 2. The second kappa shape index (κ2) is 36.5. The molecule has 0 unspecified atom stereocenters. The van der Waals surface area contributed by atoms with Gasteiger partial charge in [0, 0.05) is 19.8 Å². The first-order chi connectivity index (χ1) is 8.24. The lowest BCUT2D eigenvalue weighted by Gasteiger charge is -1.62. The number of hydrogen-bond donors (Lipinski definition) is 1. The molecular formula is C7H14N8O2S. The van der Waals surface area contributed by atoms with Crippen molar-refractivity contribution in [3.8, 4) is 12.1 Å². The summed E-state index contributed by atoms with van der Waals surface area (Å²) in [5.41, 5.74) is 15.1. The number of azide groups is 1. The fraction of sp³-hybridized carbons (Fsp3) is 0.714. The van der Waals surface area contributed by atoms with E-state index in [1.54, 1.807) is 0 Å². The lowest BCUT2D eigenvalue weighted by Crippen LogP contribution is -1.58. The molecule has 0 aliphatic carbocycles. The first kappa shape index (κ1) is 24.7. The average molecular weight is 274 g/mol. The van der Waals surface area contributed by atoms with Crippen molar-refractivity contribution in [2.75, 3.05) is 12.4 Å². The highest BCUT2D eigenvalue weighted by Crippen LogP contribution is 1.71. The lowest BCUT2D eigenvalue weighted by atomic mass is 10.5. The highest BCUT2D eigenvalue weighted by molar-refractivity contribution is 7.80. The Morgan fingerprint density at radius 1 is 1.11 bits per heavy atom. The van der Waals surface area contributed by atoms with Gasteiger partial charge in [0.05, 0.1) is 0 Å². The van der Waals surface area contributed by atoms with Gasteiger partial charge in [0.1, 0.15) is 6.67 Å². The van der Waals surface area contributed by atoms with E-state index in [-0.39, 0.29) is 20.5 Å². The van der Waals surface area contributed by atoms with E-state index in [2.05, 4.69) is 42.7 Å². The van der Waals surface area contributed by atoms with Crippen LogP contribution in [0.3, 0.4) is 0 Å². The maximum Gasteiger partial charge on any atom is 0.318 e. The van der Waals surface area contributed by atoms with E-state index >= 15 is 0 Å². The van der Waals surface area contributed by atoms with E-state index in [0.717, 1.165) is 5.75 Å². The molecule has 0 aliphatic rings. The summed E-state index contributed by atoms with van der Waals surface area (Å²) in [6.45, 7) is 1.84. The predicted molar refractivity (Wildman–Crippen MR) is 75.3 cm³/mol. The monoisotopic (exact) mass is 274 g/mol. The van der Waals surface area contributed by atoms with Gasteiger partial charge < -0.3 is 10.4 Å². The Morgan fingerprint density at radius 2 is 1.44 bits per heavy atom. The first-order valence-electron chi connectivity index (χ1n) is 3.98. The normalized spacial score (nSPS) is 5.00. The summed E-state index contributed by atoms with van der Waals surface area (Å²) < 4.78 is 0. The van der Waals surface area contributed by atoms with Crippen molar-refractivity contribution < 1.29 is 0 Å². The minimum absolute atomic E-state index is 0. The summed E-state index contributed by atoms with van der Waals surface area (Å²) in [6.07, 6.45) is -0.0208. The molecule has 0 saturated carbocycles. The molecule has 0 aromatic rings. The predicted octanol–water partition coefficient (Wildman–Crippen LogP) is 4.17. The van der Waals surface area contributed by atoms with Gasteiger partial charge in [0.15, 0.2) is 0 Å². The van der Waals surface area contributed by atoms with E-state index in [4.69, 9.17) is 21.5 Å². The van der Waals surface area contributed by atoms with Gasteiger partial charge in [-0.15, -0.1) is 0 Å². The summed E-state index contributed by atoms with van der Waals surface area (Å²) in [7, 11) is 0. The van der Waals surface area contributed by atoms with Crippen molar-refractivity contribution in [2.45, 2.75) is 20.8 Å². The summed E-state index contributed by atoms with van der Waals surface area (Å²) in [5, 5.41) is 28.5. The Balaban J connectivity index is -0.0000000857. The Hall–Kier alpha value is -2.45. The average Bonchev–Trinajstić information content (AvgIpc) is 2.32. The van der Waals surface area contributed by atoms with Crippen LogP contribution in [0.1, 0.15) is 20.8 Å². The van der Waals surface area contributed by atoms with Crippen LogP contribution in [-0.4, -0.2) is 12.4 Å². The van der Waals surface area contributed by atoms with Crippen LogP contribution in [0.25, 0.3) is 30.9 Å². The minimum Gasteiger partial charge on any atom is -0.498 e. The van der Waals surface area contributed by atoms with Crippen LogP contribution in [0.2, 0.25) is 0 Å². The fourth-order valence-electron chi connectivity index (χ4n) is 0.185. The SMILES string of the molecule is C.CCS.[N-]=[N+]=NCN=[N+]=[N-].[O-][N+]#CCC#[N+][O-]. The number of thiol groups is 1. The molecule has 0 aromatic carbocycles. The lowest BCUT2D eigenvalue weighted by molar-refractivity contribution is 1.03. The zero-order valence-electron chi connectivity index (χ0n) is 8.96. The smallest absolute Gasteiger partial charge is 0.318 e. The molecule has 0 atom stereocenters. The summed E-state index contributed by atoms with van der Waals surface area (Å²) in [4.78, 5) is 4.67. The Morgan fingerprint density at radius 3 is 1.67 bits per heavy atom. The van der Waals surface area contributed by atoms with E-state index in [9.17, 15) is 0 Å². The summed E-state index contributed by atoms with van der Waals surface area (Å²) in [5.74, 6) is 0.944. The van der Waals surface area contributed by atoms with E-state index < -0.39 is 0 Å². The van der Waals surface area contributed by atoms with Crippen LogP contribution in [0.4, 0.5) is 0 Å². The standard InChI is InChI=1S/C3H2N2O2.C2H6S.CH2N6.CH4/c6-4-2-1-3-5-7;1-2-3;2-6-4-1-5-7-3;/h1H2;3H,2H2,1H3;1H2;1H4. The van der Waals surface area contributed by atoms with Crippen molar-refractivity contribution in [2.24, 2.45) is 10.2 Å². The van der Waals surface area contributed by atoms with Crippen LogP contribution in [0, 0.1) is 22.6 Å². The maximum absolute atomic E-state index is 9.13. The van der Waals surface area contributed by atoms with Crippen LogP contribution in [-0.2, 0) is 0 Å². The van der Waals surface area contributed by atoms with Crippen molar-refractivity contribution in [3.63, 3.8) is 0 Å². The fourth-order valence-corrected chi connectivity index (χ4v) is 0.185. The molecule has 0 N–H and O–H groups in total. The van der Waals surface area contributed by atoms with Crippen molar-refractivity contribution >= 4 is 12.6 Å². The summed E-state index contributed by atoms with van der Waals surface area (Å²) in [6, 6.07) is 3.83. The van der Waals surface area contributed by atoms with Crippen LogP contribution < -0.4 is 0 Å². The van der Waals surface area contributed by atoms with Crippen molar-refractivity contribution in [3.05, 3.63) is 41.3 Å². The molecule has 0 amide bonds. The molecule has 18 heavy (non-hydrogen) atoms. The van der Waals surface area contributed by atoms with Gasteiger partial charge in [-0.05, 0) is 16.8 Å². The molecule has 0 spiro atoms. The highest BCUT2D eigenvalue weighted by atomic mass is 32.1. The third kappa shape index (κ3) is 69.3. The topological polar surface area (TPSA) is 152 Å². The molecular weight excluding hydrogens is 260 g/mol. The number of nitrogens with zero attached hydrogens (tertiary/aromatic N) is 8. The molecule has 100 valence electrons. The Bertz CT molecular complexity index is 332. The van der Waals surface area contributed by atoms with Gasteiger partial charge in [-0.2, -0.15) is 12.6 Å². The first-order valence-corrected chi connectivity index (χ1v) is 4.61. The summed E-state index contributed by atoms with van der Waals surface area (Å²) >= 11 is 3.79. The molecule has 0 radical (unpaired) electrons. The molecule has 11 heteroatoms. The van der Waals surface area contributed by atoms with Gasteiger partial charge in [-0.3, -0.25) is 0 Å². The van der Waals surface area contributed by atoms with Gasteiger partial charge >= 0.3 is 12.1 Å². The van der Waals surface area contributed by atoms with Gasteiger partial charge in [0.2, 0.25) is 6.42 Å². The van der Waals surface area contributed by atoms with Crippen LogP contribution >= 0.6 is 12.6 Å². The largest absolute Gasteiger partial charge is 0.498 e. The van der Waals surface area contributed by atoms with Gasteiger partial charge in [0.25, 0.3) is 0 Å². The van der Waals surface area contributed by atoms with Gasteiger partial charge in [-0.1, -0.05) is 24.6 Å². The number of hydrogen-bond acceptors (Lipinski definition) is 5. The molecule has 0 aromatic heterocycles. The third-order valence-electron chi connectivity index (χ3n) is 0.540. The molecule has 0 heterocycles. The zero-order chi connectivity index (χ0) is 13.8. The Kier molecular flexibility index (Phi) is 50.1. The highest BCUT2D eigenvalue weighted by Gasteiger charge is 1.82. The van der Waals surface area contributed by atoms with Gasteiger partial charge in [-0.25, -0.2) is 0 Å². The van der Waals surface area contributed by atoms with Crippen molar-refractivity contribution in [1.82, 2.24) is 0 Å². The Labute approximate surface area is 110 Å². The molecule has 10 nitrogen and oxygen atoms in total. The second-order valence-corrected chi connectivity index (χ2v) is 2.23. The minimum atomic E-state index is -0.146. The van der Waals surface area contributed by atoms with E-state index in [0.29, 0.717) is 0 Å². The quantitative estimate of drug-likeness (QED) is 0.264. The molecule has 0 rings (SSSR count). The molecule has 0 bridgehead atoms. The molecule has 0 fully saturated rings. The van der Waals surface area contributed by atoms with Crippen LogP contribution in [0.15, 0.2) is 10.2 Å². The molecule has 0 aliphatic heterocycles. The third-order valence-corrected chi connectivity index (χ3v) is 0.540. The van der Waals surface area contributed by atoms with E-state index in [1.165, 1.54) is 0 Å². The second-order valence-electron chi connectivity index (χ2n) is 1.59.